The summed E-state index contributed by atoms with van der Waals surface area (Å²) in [5, 5.41) is 17.1. The second kappa shape index (κ2) is 17.3. The molecule has 64 heavy (non-hydrogen) atoms. The fourth-order valence-corrected chi connectivity index (χ4v) is 15.6. The first-order valence-electron chi connectivity index (χ1n) is 24.5. The van der Waals surface area contributed by atoms with Gasteiger partial charge in [0, 0.05) is 41.5 Å². The number of carboxylic acid groups (broad SMARTS) is 1. The van der Waals surface area contributed by atoms with Crippen LogP contribution >= 0.6 is 11.6 Å². The van der Waals surface area contributed by atoms with Crippen LogP contribution in [0, 0.1) is 68.0 Å². The second-order valence-corrected chi connectivity index (χ2v) is 24.4. The van der Waals surface area contributed by atoms with Gasteiger partial charge in [-0.1, -0.05) is 79.5 Å². The number of fused-ring (bicyclic) bond motifs is 7. The molecule has 0 spiro atoms. The third-order valence-corrected chi connectivity index (χ3v) is 19.4. The summed E-state index contributed by atoms with van der Waals surface area (Å²) in [5.41, 5.74) is 1.69. The Bertz CT molecular complexity index is 2040. The first-order valence-corrected chi connectivity index (χ1v) is 24.8. The van der Waals surface area contributed by atoms with E-state index in [1.165, 1.54) is 5.57 Å². The number of esters is 1. The van der Waals surface area contributed by atoms with Gasteiger partial charge in [-0.25, -0.2) is 0 Å². The number of methoxy groups -OCH3 is 1. The molecule has 6 aliphatic carbocycles. The fraction of sp³-hybridized carbons (Fsp3) is 0.774. The van der Waals surface area contributed by atoms with E-state index in [0.717, 1.165) is 69.9 Å². The molecule has 0 bridgehead atoms. The maximum Gasteiger partial charge on any atom is 0.309 e. The topological polar surface area (TPSA) is 140 Å². The van der Waals surface area contributed by atoms with E-state index >= 15 is 0 Å². The van der Waals surface area contributed by atoms with Crippen LogP contribution in [-0.4, -0.2) is 73.8 Å². The molecule has 0 heterocycles. The van der Waals surface area contributed by atoms with Crippen molar-refractivity contribution < 1.29 is 38.5 Å². The summed E-state index contributed by atoms with van der Waals surface area (Å²) in [6, 6.07) is 5.05. The molecule has 0 aliphatic heterocycles. The summed E-state index contributed by atoms with van der Waals surface area (Å²) in [4.78, 5) is 53.4. The molecular formula is C53H79ClN2O8. The molecule has 0 aromatic heterocycles. The van der Waals surface area contributed by atoms with Gasteiger partial charge in [-0.15, -0.1) is 0 Å². The van der Waals surface area contributed by atoms with Crippen molar-refractivity contribution in [3.63, 3.8) is 0 Å². The zero-order valence-corrected chi connectivity index (χ0v) is 41.8. The minimum atomic E-state index is -0.830. The lowest BCUT2D eigenvalue weighted by Crippen LogP contribution is -2.66. The summed E-state index contributed by atoms with van der Waals surface area (Å²) in [6.07, 6.45) is 10.0. The van der Waals surface area contributed by atoms with Crippen molar-refractivity contribution in [2.24, 2.45) is 68.0 Å². The minimum Gasteiger partial charge on any atom is -0.490 e. The summed E-state index contributed by atoms with van der Waals surface area (Å²) in [5.74, 6) is 0.0279. The predicted octanol–water partition coefficient (Wildman–Crippen LogP) is 10.5. The molecule has 0 saturated heterocycles. The van der Waals surface area contributed by atoms with Crippen LogP contribution in [0.3, 0.4) is 0 Å². The molecule has 1 amide bonds. The van der Waals surface area contributed by atoms with Gasteiger partial charge in [0.1, 0.15) is 18.5 Å². The zero-order chi connectivity index (χ0) is 47.0. The number of nitrogens with one attached hydrogen (secondary N) is 2. The van der Waals surface area contributed by atoms with E-state index in [-0.39, 0.29) is 56.9 Å². The number of ether oxygens (including phenoxy) is 3. The number of halogens is 1. The van der Waals surface area contributed by atoms with Gasteiger partial charge in [0.25, 0.3) is 5.91 Å². The molecule has 1 aromatic rings. The van der Waals surface area contributed by atoms with Crippen molar-refractivity contribution in [3.8, 4) is 5.75 Å². The number of ketones is 1. The lowest BCUT2D eigenvalue weighted by molar-refractivity contribution is -0.236. The third-order valence-electron chi connectivity index (χ3n) is 19.2. The smallest absolute Gasteiger partial charge is 0.309 e. The highest BCUT2D eigenvalue weighted by atomic mass is 35.5. The average Bonchev–Trinajstić information content (AvgIpc) is 3.49. The van der Waals surface area contributed by atoms with E-state index < -0.39 is 22.8 Å². The first kappa shape index (κ1) is 49.0. The van der Waals surface area contributed by atoms with Crippen molar-refractivity contribution >= 4 is 35.2 Å². The van der Waals surface area contributed by atoms with Crippen molar-refractivity contribution in [2.45, 2.75) is 158 Å². The molecule has 0 unspecified atom stereocenters. The molecule has 356 valence electrons. The van der Waals surface area contributed by atoms with Gasteiger partial charge < -0.3 is 30.0 Å². The van der Waals surface area contributed by atoms with Crippen molar-refractivity contribution in [1.29, 1.82) is 0 Å². The Morgan fingerprint density at radius 2 is 1.61 bits per heavy atom. The molecule has 1 aromatic carbocycles. The van der Waals surface area contributed by atoms with E-state index in [1.54, 1.807) is 25.3 Å². The number of aliphatic carboxylic acids is 1. The van der Waals surface area contributed by atoms with E-state index in [0.29, 0.717) is 72.5 Å². The molecule has 5 saturated carbocycles. The monoisotopic (exact) mass is 907 g/mol. The molecule has 3 N–H and O–H groups in total. The van der Waals surface area contributed by atoms with E-state index in [1.807, 2.05) is 27.7 Å². The highest BCUT2D eigenvalue weighted by molar-refractivity contribution is 6.30. The molecule has 5 fully saturated rings. The summed E-state index contributed by atoms with van der Waals surface area (Å²) in [6.45, 7) is 26.7. The third kappa shape index (κ3) is 8.07. The number of hydrogen-bond acceptors (Lipinski definition) is 8. The number of benzene rings is 1. The van der Waals surface area contributed by atoms with Crippen LogP contribution in [0.4, 0.5) is 0 Å². The van der Waals surface area contributed by atoms with Crippen molar-refractivity contribution in [2.75, 3.05) is 33.4 Å². The number of rotatable bonds is 15. The van der Waals surface area contributed by atoms with Gasteiger partial charge in [0.05, 0.1) is 24.0 Å². The number of carbonyl (C=O) groups excluding carboxylic acids is 3. The van der Waals surface area contributed by atoms with Crippen LogP contribution < -0.4 is 15.4 Å². The lowest BCUT2D eigenvalue weighted by atomic mass is 9.33. The fourth-order valence-electron chi connectivity index (χ4n) is 15.4. The Kier molecular flexibility index (Phi) is 13.2. The quantitative estimate of drug-likeness (QED) is 0.116. The van der Waals surface area contributed by atoms with E-state index in [9.17, 15) is 24.3 Å². The van der Waals surface area contributed by atoms with Crippen LogP contribution in [0.2, 0.25) is 5.02 Å². The SMILES string of the molecule is COCCOc1cc(Cl)ccc1C(=O)NC(C)(C)CNCC[C@@]12CC[C@]3(C)[C@H](CC[C@@H]4[C@@]5(C)CC[C@H](OC(=O)[C@H]6C[C@@H](C(=O)O)C6(C)C)C(C)(C)[C@@H]5CC[C@]43C)C1=C(C(C)C)C(=O)C2. The van der Waals surface area contributed by atoms with Crippen LogP contribution in [0.1, 0.15) is 157 Å². The minimum absolute atomic E-state index is 0.0466. The number of carbonyl (C=O) groups is 4. The highest BCUT2D eigenvalue weighted by Crippen LogP contribution is 2.77. The van der Waals surface area contributed by atoms with Gasteiger partial charge in [0.15, 0.2) is 5.78 Å². The normalized spacial score (nSPS) is 36.2. The Labute approximate surface area is 388 Å². The van der Waals surface area contributed by atoms with Gasteiger partial charge in [0.2, 0.25) is 0 Å². The number of hydrogen-bond donors (Lipinski definition) is 3. The van der Waals surface area contributed by atoms with Gasteiger partial charge in [-0.05, 0) is 154 Å². The standard InChI is InChI=1S/C53H79ClN2O8/c1-31(2)42-37(57)29-53(23-24-55-30-47(3,4)56-44(58)33-14-13-32(54)27-38(33)63-26-25-62-12)22-21-51(10)34(43(42)53)15-16-40-50(9)19-18-41(49(7,8)39(50)17-20-52(40,51)11)64-46(61)36-28-35(45(59)60)48(36,5)6/h13-14,27,31,34-36,39-41,55H,15-26,28-30H2,1-12H3,(H,56,58)(H,59,60)/t34-,35+,36-,39+,40-,41+,50+,51-,52-,53-/m1/s1. The lowest BCUT2D eigenvalue weighted by Gasteiger charge is -2.72. The van der Waals surface area contributed by atoms with Gasteiger partial charge >= 0.3 is 11.9 Å². The highest BCUT2D eigenvalue weighted by Gasteiger charge is 2.70. The Morgan fingerprint density at radius 1 is 0.891 bits per heavy atom. The number of allylic oxidation sites excluding steroid dienone is 2. The Hall–Kier alpha value is -2.95. The van der Waals surface area contributed by atoms with Crippen LogP contribution in [0.5, 0.6) is 5.75 Å². The zero-order valence-electron chi connectivity index (χ0n) is 41.1. The molecular weight excluding hydrogens is 828 g/mol. The van der Waals surface area contributed by atoms with Gasteiger partial charge in [-0.2, -0.15) is 0 Å². The summed E-state index contributed by atoms with van der Waals surface area (Å²) < 4.78 is 17.4. The Balaban J connectivity index is 1.04. The summed E-state index contributed by atoms with van der Waals surface area (Å²) in [7, 11) is 1.60. The van der Waals surface area contributed by atoms with Gasteiger partial charge in [-0.3, -0.25) is 19.2 Å². The van der Waals surface area contributed by atoms with Crippen molar-refractivity contribution in [1.82, 2.24) is 10.6 Å². The van der Waals surface area contributed by atoms with Crippen molar-refractivity contribution in [3.05, 3.63) is 39.9 Å². The molecule has 0 radical (unpaired) electrons. The maximum absolute atomic E-state index is 14.3. The van der Waals surface area contributed by atoms with Crippen LogP contribution in [0.15, 0.2) is 29.3 Å². The van der Waals surface area contributed by atoms with Crippen LogP contribution in [0.25, 0.3) is 0 Å². The predicted molar refractivity (Wildman–Crippen MR) is 250 cm³/mol. The number of Topliss-reactive ketones (excluding diaryl/α,β-unsaturated/α-hetero) is 1. The Morgan fingerprint density at radius 3 is 2.27 bits per heavy atom. The molecule has 11 heteroatoms. The molecule has 10 nitrogen and oxygen atoms in total. The van der Waals surface area contributed by atoms with E-state index in [2.05, 4.69) is 59.1 Å². The number of carboxylic acids is 1. The molecule has 6 aliphatic rings. The maximum atomic E-state index is 14.3. The van der Waals surface area contributed by atoms with E-state index in [4.69, 9.17) is 25.8 Å². The van der Waals surface area contributed by atoms with Crippen LogP contribution in [-0.2, 0) is 23.9 Å². The number of amides is 1. The summed E-state index contributed by atoms with van der Waals surface area (Å²) >= 11 is 6.25. The first-order chi connectivity index (χ1) is 29.8. The average molecular weight is 908 g/mol. The molecule has 10 atom stereocenters. The largest absolute Gasteiger partial charge is 0.490 e. The molecule has 7 rings (SSSR count). The second-order valence-electron chi connectivity index (χ2n) is 24.0.